The molecule has 0 saturated heterocycles. The van der Waals surface area contributed by atoms with Crippen LogP contribution in [0, 0.1) is 6.92 Å². The van der Waals surface area contributed by atoms with E-state index in [0.29, 0.717) is 34.0 Å². The largest absolute Gasteiger partial charge is 0.493 e. The number of hydrogen-bond donors (Lipinski definition) is 0. The lowest BCUT2D eigenvalue weighted by atomic mass is 9.99. The number of esters is 1. The fourth-order valence-electron chi connectivity index (χ4n) is 3.15. The van der Waals surface area contributed by atoms with Gasteiger partial charge in [0.05, 0.1) is 26.9 Å². The Morgan fingerprint density at radius 1 is 1.00 bits per heavy atom. The third kappa shape index (κ3) is 3.89. The fraction of sp³-hybridized carbons (Fsp3) is 0.273. The Hall–Kier alpha value is -3.48. The fourth-order valence-corrected chi connectivity index (χ4v) is 3.15. The Bertz CT molecular complexity index is 1110. The summed E-state index contributed by atoms with van der Waals surface area (Å²) in [5.41, 5.74) is 1.74. The van der Waals surface area contributed by atoms with Gasteiger partial charge in [-0.2, -0.15) is 0 Å². The third-order valence-corrected chi connectivity index (χ3v) is 4.66. The second kappa shape index (κ2) is 8.26. The highest BCUT2D eigenvalue weighted by atomic mass is 16.6. The summed E-state index contributed by atoms with van der Waals surface area (Å²) < 4.78 is 26.3. The summed E-state index contributed by atoms with van der Waals surface area (Å²) in [7, 11) is 4.38. The number of rotatable bonds is 6. The molecule has 152 valence electrons. The zero-order chi connectivity index (χ0) is 21.1. The van der Waals surface area contributed by atoms with E-state index >= 15 is 0 Å². The van der Waals surface area contributed by atoms with Gasteiger partial charge in [-0.15, -0.1) is 0 Å². The van der Waals surface area contributed by atoms with E-state index in [2.05, 4.69) is 4.74 Å². The highest BCUT2D eigenvalue weighted by Gasteiger charge is 2.18. The molecule has 0 fully saturated rings. The lowest BCUT2D eigenvalue weighted by molar-refractivity contribution is -0.147. The maximum absolute atomic E-state index is 12.7. The van der Waals surface area contributed by atoms with Crippen LogP contribution in [0.15, 0.2) is 45.6 Å². The average molecular weight is 398 g/mol. The molecule has 0 aliphatic rings. The molecule has 7 heteroatoms. The van der Waals surface area contributed by atoms with Crippen LogP contribution in [-0.2, 0) is 9.53 Å². The van der Waals surface area contributed by atoms with Crippen LogP contribution in [0.4, 0.5) is 0 Å². The monoisotopic (exact) mass is 398 g/mol. The van der Waals surface area contributed by atoms with E-state index in [1.807, 2.05) is 6.92 Å². The van der Waals surface area contributed by atoms with Gasteiger partial charge in [0.1, 0.15) is 11.3 Å². The van der Waals surface area contributed by atoms with Crippen molar-refractivity contribution in [1.82, 2.24) is 0 Å². The van der Waals surface area contributed by atoms with Crippen LogP contribution in [0.2, 0.25) is 0 Å². The van der Waals surface area contributed by atoms with E-state index in [-0.39, 0.29) is 0 Å². The minimum atomic E-state index is -0.781. The van der Waals surface area contributed by atoms with E-state index in [0.717, 1.165) is 10.9 Å². The summed E-state index contributed by atoms with van der Waals surface area (Å²) in [4.78, 5) is 24.3. The number of ether oxygens (including phenoxy) is 4. The van der Waals surface area contributed by atoms with Crippen LogP contribution in [0.3, 0.4) is 0 Å². The molecule has 0 radical (unpaired) electrons. The Kier molecular flexibility index (Phi) is 5.77. The number of methoxy groups -OCH3 is 3. The Labute approximate surface area is 167 Å². The SMILES string of the molecule is COC(=O)C(C)Oc1ccc2c(C)c(-c3ccc(OC)c(OC)c3)c(=O)oc2c1. The van der Waals surface area contributed by atoms with E-state index in [1.165, 1.54) is 14.2 Å². The standard InChI is InChI=1S/C22H22O7/c1-12-16-8-7-15(28-13(2)21(23)27-5)11-18(16)29-22(24)20(12)14-6-9-17(25-3)19(10-14)26-4/h6-11,13H,1-5H3. The Balaban J connectivity index is 2.07. The predicted octanol–water partition coefficient (Wildman–Crippen LogP) is 3.73. The molecule has 0 aliphatic heterocycles. The second-order valence-electron chi connectivity index (χ2n) is 6.40. The molecule has 0 amide bonds. The highest BCUT2D eigenvalue weighted by molar-refractivity contribution is 5.88. The van der Waals surface area contributed by atoms with Crippen LogP contribution in [0.1, 0.15) is 12.5 Å². The van der Waals surface area contributed by atoms with Gasteiger partial charge in [-0.3, -0.25) is 0 Å². The van der Waals surface area contributed by atoms with Gasteiger partial charge in [0.15, 0.2) is 17.6 Å². The average Bonchev–Trinajstić information content (AvgIpc) is 2.72. The van der Waals surface area contributed by atoms with Gasteiger partial charge >= 0.3 is 11.6 Å². The van der Waals surface area contributed by atoms with Crippen molar-refractivity contribution in [3.05, 3.63) is 52.4 Å². The zero-order valence-electron chi connectivity index (χ0n) is 16.9. The lowest BCUT2D eigenvalue weighted by Gasteiger charge is -2.14. The number of aryl methyl sites for hydroxylation is 1. The van der Waals surface area contributed by atoms with E-state index in [9.17, 15) is 9.59 Å². The molecular weight excluding hydrogens is 376 g/mol. The van der Waals surface area contributed by atoms with Crippen molar-refractivity contribution in [2.45, 2.75) is 20.0 Å². The summed E-state index contributed by atoms with van der Waals surface area (Å²) >= 11 is 0. The smallest absolute Gasteiger partial charge is 0.346 e. The van der Waals surface area contributed by atoms with Gasteiger partial charge < -0.3 is 23.4 Å². The minimum absolute atomic E-state index is 0.367. The van der Waals surface area contributed by atoms with Gasteiger partial charge in [0.2, 0.25) is 0 Å². The Morgan fingerprint density at radius 2 is 1.72 bits per heavy atom. The molecule has 7 nitrogen and oxygen atoms in total. The van der Waals surface area contributed by atoms with Gasteiger partial charge in [0.25, 0.3) is 0 Å². The van der Waals surface area contributed by atoms with Crippen molar-refractivity contribution in [3.8, 4) is 28.4 Å². The van der Waals surface area contributed by atoms with Crippen molar-refractivity contribution in [3.63, 3.8) is 0 Å². The normalized spacial score (nSPS) is 11.8. The van der Waals surface area contributed by atoms with Crippen molar-refractivity contribution >= 4 is 16.9 Å². The number of benzene rings is 2. The molecule has 0 bridgehead atoms. The molecule has 1 unspecified atom stereocenters. The molecule has 3 aromatic rings. The molecule has 1 atom stereocenters. The van der Waals surface area contributed by atoms with Gasteiger partial charge in [0, 0.05) is 11.5 Å². The Morgan fingerprint density at radius 3 is 2.38 bits per heavy atom. The highest BCUT2D eigenvalue weighted by Crippen LogP contribution is 2.34. The number of carbonyl (C=O) groups excluding carboxylic acids is 1. The van der Waals surface area contributed by atoms with Crippen molar-refractivity contribution in [1.29, 1.82) is 0 Å². The minimum Gasteiger partial charge on any atom is -0.493 e. The number of hydrogen-bond acceptors (Lipinski definition) is 7. The molecule has 0 N–H and O–H groups in total. The van der Waals surface area contributed by atoms with Crippen LogP contribution in [0.25, 0.3) is 22.1 Å². The maximum atomic E-state index is 12.7. The van der Waals surface area contributed by atoms with E-state index in [4.69, 9.17) is 18.6 Å². The molecule has 1 aromatic heterocycles. The number of fused-ring (bicyclic) bond motifs is 1. The third-order valence-electron chi connectivity index (χ3n) is 4.66. The quantitative estimate of drug-likeness (QED) is 0.462. The van der Waals surface area contributed by atoms with Crippen LogP contribution in [-0.4, -0.2) is 33.4 Å². The first kappa shape index (κ1) is 20.3. The first-order valence-corrected chi connectivity index (χ1v) is 8.94. The maximum Gasteiger partial charge on any atom is 0.346 e. The van der Waals surface area contributed by atoms with Gasteiger partial charge in [-0.25, -0.2) is 9.59 Å². The zero-order valence-corrected chi connectivity index (χ0v) is 16.9. The molecule has 0 saturated carbocycles. The first-order chi connectivity index (χ1) is 13.9. The molecule has 2 aromatic carbocycles. The van der Waals surface area contributed by atoms with Crippen molar-refractivity contribution in [2.75, 3.05) is 21.3 Å². The molecule has 1 heterocycles. The predicted molar refractivity (Wildman–Crippen MR) is 108 cm³/mol. The van der Waals surface area contributed by atoms with Gasteiger partial charge in [-0.05, 0) is 49.2 Å². The molecule has 29 heavy (non-hydrogen) atoms. The summed E-state index contributed by atoms with van der Waals surface area (Å²) in [6, 6.07) is 10.3. The van der Waals surface area contributed by atoms with Crippen molar-refractivity contribution in [2.24, 2.45) is 0 Å². The number of carbonyl (C=O) groups is 1. The lowest BCUT2D eigenvalue weighted by Crippen LogP contribution is -2.24. The van der Waals surface area contributed by atoms with Crippen LogP contribution in [0.5, 0.6) is 17.2 Å². The topological polar surface area (TPSA) is 84.2 Å². The second-order valence-corrected chi connectivity index (χ2v) is 6.40. The van der Waals surface area contributed by atoms with Crippen LogP contribution < -0.4 is 19.8 Å². The summed E-state index contributed by atoms with van der Waals surface area (Å²) in [6.45, 7) is 3.43. The summed E-state index contributed by atoms with van der Waals surface area (Å²) in [5.74, 6) is 0.994. The van der Waals surface area contributed by atoms with Crippen LogP contribution >= 0.6 is 0 Å². The van der Waals surface area contributed by atoms with Gasteiger partial charge in [-0.1, -0.05) is 6.07 Å². The summed E-state index contributed by atoms with van der Waals surface area (Å²) in [6.07, 6.45) is -0.781. The summed E-state index contributed by atoms with van der Waals surface area (Å²) in [5, 5.41) is 0.757. The first-order valence-electron chi connectivity index (χ1n) is 8.94. The van der Waals surface area contributed by atoms with Crippen molar-refractivity contribution < 1.29 is 28.2 Å². The molecule has 0 aliphatic carbocycles. The molecule has 3 rings (SSSR count). The van der Waals surface area contributed by atoms with E-state index in [1.54, 1.807) is 50.4 Å². The van der Waals surface area contributed by atoms with E-state index < -0.39 is 17.7 Å². The molecular formula is C22H22O7. The molecule has 0 spiro atoms.